The molecule has 2 N–H and O–H groups in total. The third-order valence-corrected chi connectivity index (χ3v) is 3.55. The molecule has 0 fully saturated rings. The van der Waals surface area contributed by atoms with Crippen molar-refractivity contribution in [3.8, 4) is 0 Å². The quantitative estimate of drug-likeness (QED) is 0.846. The molecule has 2 rings (SSSR count). The predicted octanol–water partition coefficient (Wildman–Crippen LogP) is 3.50. The number of rotatable bonds is 6. The Bertz CT molecular complexity index is 533. The van der Waals surface area contributed by atoms with Crippen LogP contribution in [0.5, 0.6) is 0 Å². The largest absolute Gasteiger partial charge is 0.466 e. The highest BCUT2D eigenvalue weighted by molar-refractivity contribution is 5.20. The van der Waals surface area contributed by atoms with E-state index in [4.69, 9.17) is 4.42 Å². The van der Waals surface area contributed by atoms with Crippen LogP contribution in [0.4, 0.5) is 0 Å². The second-order valence-corrected chi connectivity index (χ2v) is 5.38. The smallest absolute Gasteiger partial charge is 0.105 e. The molecule has 1 heterocycles. The van der Waals surface area contributed by atoms with Crippen LogP contribution >= 0.6 is 0 Å². The molecule has 3 heteroatoms. The maximum Gasteiger partial charge on any atom is 0.105 e. The molecule has 0 aliphatic heterocycles. The van der Waals surface area contributed by atoms with E-state index in [9.17, 15) is 5.11 Å². The van der Waals surface area contributed by atoms with Crippen molar-refractivity contribution in [3.05, 3.63) is 59.0 Å². The van der Waals surface area contributed by atoms with Gasteiger partial charge in [-0.2, -0.15) is 0 Å². The lowest BCUT2D eigenvalue weighted by Gasteiger charge is -2.18. The summed E-state index contributed by atoms with van der Waals surface area (Å²) >= 11 is 0. The minimum atomic E-state index is -0.425. The molecule has 0 aliphatic rings. The highest BCUT2D eigenvalue weighted by atomic mass is 16.3. The number of benzene rings is 1. The Morgan fingerprint density at radius 2 is 1.90 bits per heavy atom. The Morgan fingerprint density at radius 1 is 1.20 bits per heavy atom. The van der Waals surface area contributed by atoms with E-state index >= 15 is 0 Å². The molecule has 1 aromatic heterocycles. The summed E-state index contributed by atoms with van der Waals surface area (Å²) in [5, 5.41) is 13.6. The van der Waals surface area contributed by atoms with E-state index in [1.165, 1.54) is 5.56 Å². The first-order valence-electron chi connectivity index (χ1n) is 7.08. The summed E-state index contributed by atoms with van der Waals surface area (Å²) < 4.78 is 5.51. The molecule has 1 aromatic carbocycles. The maximum atomic E-state index is 10.2. The molecule has 0 amide bonds. The lowest BCUT2D eigenvalue weighted by molar-refractivity contribution is 0.154. The Hall–Kier alpha value is -1.58. The van der Waals surface area contributed by atoms with Gasteiger partial charge in [-0.3, -0.25) is 0 Å². The van der Waals surface area contributed by atoms with E-state index in [2.05, 4.69) is 18.3 Å². The van der Waals surface area contributed by atoms with E-state index in [1.807, 2.05) is 44.2 Å². The van der Waals surface area contributed by atoms with E-state index < -0.39 is 6.10 Å². The number of aryl methyl sites for hydroxylation is 2. The molecular formula is C17H23NO2. The van der Waals surface area contributed by atoms with Crippen LogP contribution in [0.25, 0.3) is 0 Å². The summed E-state index contributed by atoms with van der Waals surface area (Å²) in [6, 6.07) is 12.1. The molecule has 0 aliphatic carbocycles. The average Bonchev–Trinajstić information content (AvgIpc) is 2.75. The highest BCUT2D eigenvalue weighted by Crippen LogP contribution is 2.18. The maximum absolute atomic E-state index is 10.2. The first-order valence-corrected chi connectivity index (χ1v) is 7.08. The number of hydrogen-bond acceptors (Lipinski definition) is 3. The fourth-order valence-corrected chi connectivity index (χ4v) is 2.37. The zero-order chi connectivity index (χ0) is 14.5. The molecule has 108 valence electrons. The van der Waals surface area contributed by atoms with Crippen molar-refractivity contribution in [2.45, 2.75) is 45.9 Å². The molecule has 2 atom stereocenters. The molecular weight excluding hydrogens is 250 g/mol. The van der Waals surface area contributed by atoms with Crippen molar-refractivity contribution in [2.75, 3.05) is 0 Å². The van der Waals surface area contributed by atoms with Gasteiger partial charge in [-0.1, -0.05) is 30.3 Å². The van der Waals surface area contributed by atoms with Crippen molar-refractivity contribution in [1.82, 2.24) is 5.32 Å². The average molecular weight is 273 g/mol. The van der Waals surface area contributed by atoms with E-state index in [0.29, 0.717) is 6.42 Å². The van der Waals surface area contributed by atoms with Gasteiger partial charge in [0.25, 0.3) is 0 Å². The van der Waals surface area contributed by atoms with Gasteiger partial charge < -0.3 is 14.8 Å². The van der Waals surface area contributed by atoms with E-state index in [0.717, 1.165) is 23.6 Å². The minimum Gasteiger partial charge on any atom is -0.466 e. The third kappa shape index (κ3) is 3.95. The Labute approximate surface area is 120 Å². The standard InChI is InChI=1S/C17H23NO2/c1-12(9-17(19)15-7-5-4-6-8-15)18-11-16-10-13(2)20-14(16)3/h4-8,10,12,17-19H,9,11H2,1-3H3. The van der Waals surface area contributed by atoms with Gasteiger partial charge in [-0.25, -0.2) is 0 Å². The molecule has 20 heavy (non-hydrogen) atoms. The molecule has 0 radical (unpaired) electrons. The summed E-state index contributed by atoms with van der Waals surface area (Å²) in [6.07, 6.45) is 0.269. The Balaban J connectivity index is 1.83. The van der Waals surface area contributed by atoms with Crippen molar-refractivity contribution in [3.63, 3.8) is 0 Å². The van der Waals surface area contributed by atoms with Crippen LogP contribution in [-0.4, -0.2) is 11.1 Å². The number of nitrogens with one attached hydrogen (secondary N) is 1. The first kappa shape index (κ1) is 14.8. The second-order valence-electron chi connectivity index (χ2n) is 5.38. The van der Waals surface area contributed by atoms with Crippen LogP contribution in [0.15, 0.2) is 40.8 Å². The SMILES string of the molecule is Cc1cc(CNC(C)CC(O)c2ccccc2)c(C)o1. The molecule has 3 nitrogen and oxygen atoms in total. The van der Waals surface area contributed by atoms with Gasteiger partial charge in [-0.15, -0.1) is 0 Å². The van der Waals surface area contributed by atoms with Gasteiger partial charge in [0, 0.05) is 18.2 Å². The predicted molar refractivity (Wildman–Crippen MR) is 80.5 cm³/mol. The van der Waals surface area contributed by atoms with Gasteiger partial charge >= 0.3 is 0 Å². The van der Waals surface area contributed by atoms with Crippen LogP contribution in [-0.2, 0) is 6.54 Å². The van der Waals surface area contributed by atoms with Crippen LogP contribution in [0.2, 0.25) is 0 Å². The molecule has 0 bridgehead atoms. The van der Waals surface area contributed by atoms with Gasteiger partial charge in [0.1, 0.15) is 11.5 Å². The van der Waals surface area contributed by atoms with Gasteiger partial charge in [-0.05, 0) is 38.8 Å². The molecule has 0 spiro atoms. The zero-order valence-corrected chi connectivity index (χ0v) is 12.4. The highest BCUT2D eigenvalue weighted by Gasteiger charge is 2.12. The second kappa shape index (κ2) is 6.73. The van der Waals surface area contributed by atoms with E-state index in [-0.39, 0.29) is 6.04 Å². The lowest BCUT2D eigenvalue weighted by Crippen LogP contribution is -2.27. The summed E-state index contributed by atoms with van der Waals surface area (Å²) in [7, 11) is 0. The van der Waals surface area contributed by atoms with Gasteiger partial charge in [0.05, 0.1) is 6.10 Å². The fraction of sp³-hybridized carbons (Fsp3) is 0.412. The van der Waals surface area contributed by atoms with Gasteiger partial charge in [0.2, 0.25) is 0 Å². The molecule has 0 saturated heterocycles. The van der Waals surface area contributed by atoms with Crippen LogP contribution in [0.3, 0.4) is 0 Å². The molecule has 2 aromatic rings. The number of aliphatic hydroxyl groups is 1. The Kier molecular flexibility index (Phi) is 4.99. The number of hydrogen-bond donors (Lipinski definition) is 2. The fourth-order valence-electron chi connectivity index (χ4n) is 2.37. The van der Waals surface area contributed by atoms with E-state index in [1.54, 1.807) is 0 Å². The summed E-state index contributed by atoms with van der Waals surface area (Å²) in [5.41, 5.74) is 2.15. The monoisotopic (exact) mass is 273 g/mol. The van der Waals surface area contributed by atoms with Crippen molar-refractivity contribution in [2.24, 2.45) is 0 Å². The van der Waals surface area contributed by atoms with Crippen molar-refractivity contribution >= 4 is 0 Å². The normalized spacial score (nSPS) is 14.2. The zero-order valence-electron chi connectivity index (χ0n) is 12.4. The van der Waals surface area contributed by atoms with Crippen LogP contribution in [0.1, 0.15) is 42.1 Å². The topological polar surface area (TPSA) is 45.4 Å². The van der Waals surface area contributed by atoms with Crippen LogP contribution < -0.4 is 5.32 Å². The van der Waals surface area contributed by atoms with Crippen molar-refractivity contribution < 1.29 is 9.52 Å². The van der Waals surface area contributed by atoms with Crippen molar-refractivity contribution in [1.29, 1.82) is 0 Å². The molecule has 0 saturated carbocycles. The summed E-state index contributed by atoms with van der Waals surface area (Å²) in [4.78, 5) is 0. The Morgan fingerprint density at radius 3 is 2.50 bits per heavy atom. The lowest BCUT2D eigenvalue weighted by atomic mass is 10.0. The summed E-state index contributed by atoms with van der Waals surface area (Å²) in [5.74, 6) is 1.90. The summed E-state index contributed by atoms with van der Waals surface area (Å²) in [6.45, 7) is 6.80. The van der Waals surface area contributed by atoms with Crippen LogP contribution in [0, 0.1) is 13.8 Å². The number of furan rings is 1. The third-order valence-electron chi connectivity index (χ3n) is 3.55. The first-order chi connectivity index (χ1) is 9.56. The minimum absolute atomic E-state index is 0.236. The number of aliphatic hydroxyl groups excluding tert-OH is 1. The van der Waals surface area contributed by atoms with Gasteiger partial charge in [0.15, 0.2) is 0 Å². The molecule has 2 unspecified atom stereocenters.